The first kappa shape index (κ1) is 16.3. The van der Waals surface area contributed by atoms with E-state index in [1.54, 1.807) is 18.2 Å². The molecule has 2 N–H and O–H groups in total. The summed E-state index contributed by atoms with van der Waals surface area (Å²) in [4.78, 5) is 22.4. The third kappa shape index (κ3) is 5.04. The lowest BCUT2D eigenvalue weighted by molar-refractivity contribution is -0.139. The molecule has 1 saturated heterocycles. The molecular weight excluding hydrogens is 286 g/mol. The summed E-state index contributed by atoms with van der Waals surface area (Å²) in [5, 5.41) is 11.5. The first-order chi connectivity index (χ1) is 10.5. The van der Waals surface area contributed by atoms with Crippen molar-refractivity contribution in [2.45, 2.75) is 26.2 Å². The van der Waals surface area contributed by atoms with E-state index in [1.807, 2.05) is 6.92 Å². The highest BCUT2D eigenvalue weighted by Crippen LogP contribution is 2.22. The second kappa shape index (κ2) is 7.79. The number of carbonyl (C=O) groups excluding carboxylic acids is 1. The molecule has 0 spiro atoms. The molecule has 22 heavy (non-hydrogen) atoms. The highest BCUT2D eigenvalue weighted by atomic mass is 16.5. The van der Waals surface area contributed by atoms with Crippen molar-refractivity contribution in [3.05, 3.63) is 23.8 Å². The predicted molar refractivity (Wildman–Crippen MR) is 81.1 cm³/mol. The Kier molecular flexibility index (Phi) is 5.77. The molecule has 1 aromatic rings. The van der Waals surface area contributed by atoms with Gasteiger partial charge in [-0.3, -0.25) is 4.79 Å². The van der Waals surface area contributed by atoms with E-state index in [9.17, 15) is 9.59 Å². The van der Waals surface area contributed by atoms with Crippen LogP contribution < -0.4 is 10.1 Å². The molecule has 0 radical (unpaired) electrons. The van der Waals surface area contributed by atoms with E-state index in [4.69, 9.17) is 14.6 Å². The maximum atomic E-state index is 12.0. The summed E-state index contributed by atoms with van der Waals surface area (Å²) in [5.41, 5.74) is 1.55. The third-order valence-corrected chi connectivity index (χ3v) is 3.64. The molecule has 0 bridgehead atoms. The first-order valence-electron chi connectivity index (χ1n) is 7.37. The van der Waals surface area contributed by atoms with Crippen LogP contribution in [0.3, 0.4) is 0 Å². The number of aryl methyl sites for hydroxylation is 1. The Morgan fingerprint density at radius 1 is 1.45 bits per heavy atom. The van der Waals surface area contributed by atoms with E-state index < -0.39 is 5.97 Å². The van der Waals surface area contributed by atoms with Gasteiger partial charge in [-0.05, 0) is 49.4 Å². The molecule has 0 aromatic heterocycles. The van der Waals surface area contributed by atoms with Gasteiger partial charge >= 0.3 is 5.97 Å². The molecule has 1 fully saturated rings. The van der Waals surface area contributed by atoms with Crippen molar-refractivity contribution in [2.24, 2.45) is 5.92 Å². The number of carbonyl (C=O) groups is 2. The standard InChI is InChI=1S/C16H21NO5/c1-11-8-13(22-10-16(19)20)3-4-14(11)17-15(18)5-2-12-6-7-21-9-12/h3-4,8,12H,2,5-7,9-10H2,1H3,(H,17,18)(H,19,20). The van der Waals surface area contributed by atoms with Crippen molar-refractivity contribution in [1.29, 1.82) is 0 Å². The lowest BCUT2D eigenvalue weighted by atomic mass is 10.0. The van der Waals surface area contributed by atoms with Crippen LogP contribution in [0.5, 0.6) is 5.75 Å². The number of anilines is 1. The number of hydrogen-bond acceptors (Lipinski definition) is 4. The molecule has 1 heterocycles. The van der Waals surface area contributed by atoms with Gasteiger partial charge in [0.1, 0.15) is 5.75 Å². The number of rotatable bonds is 7. The van der Waals surface area contributed by atoms with Crippen molar-refractivity contribution < 1.29 is 24.2 Å². The first-order valence-corrected chi connectivity index (χ1v) is 7.37. The number of carboxylic acids is 1. The highest BCUT2D eigenvalue weighted by molar-refractivity contribution is 5.91. The number of benzene rings is 1. The molecular formula is C16H21NO5. The lowest BCUT2D eigenvalue weighted by Gasteiger charge is -2.11. The van der Waals surface area contributed by atoms with Crippen LogP contribution in [0.15, 0.2) is 18.2 Å². The van der Waals surface area contributed by atoms with Crippen LogP contribution in [0.25, 0.3) is 0 Å². The van der Waals surface area contributed by atoms with Gasteiger partial charge < -0.3 is 19.9 Å². The molecule has 2 rings (SSSR count). The van der Waals surface area contributed by atoms with Gasteiger partial charge in [-0.15, -0.1) is 0 Å². The molecule has 1 aliphatic heterocycles. The number of nitrogens with one attached hydrogen (secondary N) is 1. The molecule has 6 nitrogen and oxygen atoms in total. The lowest BCUT2D eigenvalue weighted by Crippen LogP contribution is -2.14. The highest BCUT2D eigenvalue weighted by Gasteiger charge is 2.17. The summed E-state index contributed by atoms with van der Waals surface area (Å²) in [5.74, 6) is -0.0835. The molecule has 1 amide bonds. The summed E-state index contributed by atoms with van der Waals surface area (Å²) in [7, 11) is 0. The van der Waals surface area contributed by atoms with Crippen LogP contribution in [0, 0.1) is 12.8 Å². The zero-order chi connectivity index (χ0) is 15.9. The van der Waals surface area contributed by atoms with Crippen LogP contribution in [0.2, 0.25) is 0 Å². The Morgan fingerprint density at radius 2 is 2.27 bits per heavy atom. The number of amides is 1. The van der Waals surface area contributed by atoms with Gasteiger partial charge in [-0.2, -0.15) is 0 Å². The van der Waals surface area contributed by atoms with Gasteiger partial charge in [0, 0.05) is 25.3 Å². The van der Waals surface area contributed by atoms with Crippen molar-refractivity contribution in [3.63, 3.8) is 0 Å². The minimum Gasteiger partial charge on any atom is -0.482 e. The van der Waals surface area contributed by atoms with E-state index in [0.29, 0.717) is 18.1 Å². The number of aliphatic carboxylic acids is 1. The van der Waals surface area contributed by atoms with E-state index in [1.165, 1.54) is 0 Å². The van der Waals surface area contributed by atoms with E-state index >= 15 is 0 Å². The zero-order valence-electron chi connectivity index (χ0n) is 12.6. The summed E-state index contributed by atoms with van der Waals surface area (Å²) in [6.45, 7) is 3.01. The Bertz CT molecular complexity index is 537. The molecule has 6 heteroatoms. The van der Waals surface area contributed by atoms with Gasteiger partial charge in [-0.1, -0.05) is 0 Å². The van der Waals surface area contributed by atoms with Crippen LogP contribution in [0.4, 0.5) is 5.69 Å². The van der Waals surface area contributed by atoms with E-state index in [-0.39, 0.29) is 12.5 Å². The minimum atomic E-state index is -1.02. The quantitative estimate of drug-likeness (QED) is 0.807. The molecule has 0 aliphatic carbocycles. The zero-order valence-corrected chi connectivity index (χ0v) is 12.6. The second-order valence-electron chi connectivity index (χ2n) is 5.48. The minimum absolute atomic E-state index is 0.0193. The van der Waals surface area contributed by atoms with Crippen LogP contribution >= 0.6 is 0 Å². The number of carboxylic acid groups (broad SMARTS) is 1. The Morgan fingerprint density at radius 3 is 2.91 bits per heavy atom. The van der Waals surface area contributed by atoms with Gasteiger partial charge in [-0.25, -0.2) is 4.79 Å². The summed E-state index contributed by atoms with van der Waals surface area (Å²) < 4.78 is 10.4. The maximum Gasteiger partial charge on any atom is 0.341 e. The van der Waals surface area contributed by atoms with Gasteiger partial charge in [0.05, 0.1) is 0 Å². The van der Waals surface area contributed by atoms with Crippen molar-refractivity contribution in [2.75, 3.05) is 25.1 Å². The molecule has 1 aromatic carbocycles. The third-order valence-electron chi connectivity index (χ3n) is 3.64. The average molecular weight is 307 g/mol. The molecule has 1 atom stereocenters. The topological polar surface area (TPSA) is 84.9 Å². The maximum absolute atomic E-state index is 12.0. The smallest absolute Gasteiger partial charge is 0.341 e. The summed E-state index contributed by atoms with van der Waals surface area (Å²) >= 11 is 0. The van der Waals surface area contributed by atoms with Crippen LogP contribution in [-0.2, 0) is 14.3 Å². The molecule has 120 valence electrons. The number of hydrogen-bond donors (Lipinski definition) is 2. The molecule has 1 aliphatic rings. The summed E-state index contributed by atoms with van der Waals surface area (Å²) in [6.07, 6.45) is 2.34. The predicted octanol–water partition coefficient (Wildman–Crippen LogP) is 2.21. The Hall–Kier alpha value is -2.08. The van der Waals surface area contributed by atoms with Gasteiger partial charge in [0.2, 0.25) is 5.91 Å². The molecule has 0 saturated carbocycles. The van der Waals surface area contributed by atoms with E-state index in [0.717, 1.165) is 37.3 Å². The normalized spacial score (nSPS) is 17.2. The average Bonchev–Trinajstić information content (AvgIpc) is 2.99. The fourth-order valence-electron chi connectivity index (χ4n) is 2.37. The van der Waals surface area contributed by atoms with Gasteiger partial charge in [0.15, 0.2) is 6.61 Å². The monoisotopic (exact) mass is 307 g/mol. The van der Waals surface area contributed by atoms with Crippen LogP contribution in [0.1, 0.15) is 24.8 Å². The largest absolute Gasteiger partial charge is 0.482 e. The fourth-order valence-corrected chi connectivity index (χ4v) is 2.37. The van der Waals surface area contributed by atoms with Crippen LogP contribution in [-0.4, -0.2) is 36.8 Å². The second-order valence-corrected chi connectivity index (χ2v) is 5.48. The fraction of sp³-hybridized carbons (Fsp3) is 0.500. The SMILES string of the molecule is Cc1cc(OCC(=O)O)ccc1NC(=O)CCC1CCOC1. The van der Waals surface area contributed by atoms with Crippen molar-refractivity contribution >= 4 is 17.6 Å². The molecule has 1 unspecified atom stereocenters. The Balaban J connectivity index is 1.83. The number of ether oxygens (including phenoxy) is 2. The Labute approximate surface area is 129 Å². The van der Waals surface area contributed by atoms with Gasteiger partial charge in [0.25, 0.3) is 0 Å². The van der Waals surface area contributed by atoms with E-state index in [2.05, 4.69) is 5.32 Å². The van der Waals surface area contributed by atoms with Crippen molar-refractivity contribution in [3.8, 4) is 5.75 Å². The summed E-state index contributed by atoms with van der Waals surface area (Å²) in [6, 6.07) is 5.09. The van der Waals surface area contributed by atoms with Crippen molar-refractivity contribution in [1.82, 2.24) is 0 Å².